The largest absolute Gasteiger partial charge is 0.326 e. The molecule has 0 unspecified atom stereocenters. The van der Waals surface area contributed by atoms with Gasteiger partial charge in [-0.3, -0.25) is 4.79 Å². The first-order chi connectivity index (χ1) is 11.2. The molecule has 1 aliphatic heterocycles. The van der Waals surface area contributed by atoms with Crippen molar-refractivity contribution in [1.29, 1.82) is 0 Å². The van der Waals surface area contributed by atoms with Gasteiger partial charge in [0, 0.05) is 30.7 Å². The number of aryl methyl sites for hydroxylation is 2. The molecule has 1 heterocycles. The second kappa shape index (κ2) is 7.66. The fourth-order valence-electron chi connectivity index (χ4n) is 3.54. The molecule has 1 amide bonds. The molecule has 1 aromatic rings. The summed E-state index contributed by atoms with van der Waals surface area (Å²) in [5.41, 5.74) is 3.50. The van der Waals surface area contributed by atoms with Crippen LogP contribution < -0.4 is 5.32 Å². The Morgan fingerprint density at radius 2 is 2.08 bits per heavy atom. The average molecular weight is 332 g/mol. The van der Waals surface area contributed by atoms with Crippen molar-refractivity contribution in [2.24, 2.45) is 5.92 Å². The van der Waals surface area contributed by atoms with Crippen molar-refractivity contribution < 1.29 is 4.79 Å². The molecular weight excluding hydrogens is 298 g/mol. The Kier molecular flexibility index (Phi) is 6.05. The maximum absolute atomic E-state index is 12.2. The van der Waals surface area contributed by atoms with Gasteiger partial charge in [-0.05, 0) is 72.3 Å². The molecule has 1 aliphatic rings. The normalized spacial score (nSPS) is 20.5. The predicted octanol–water partition coefficient (Wildman–Crippen LogP) is 3.29. The molecule has 0 aliphatic carbocycles. The van der Waals surface area contributed by atoms with E-state index in [2.05, 4.69) is 56.0 Å². The lowest BCUT2D eigenvalue weighted by molar-refractivity contribution is -0.116. The summed E-state index contributed by atoms with van der Waals surface area (Å²) in [7, 11) is 4.33. The number of hydrogen-bond acceptors (Lipinski definition) is 3. The van der Waals surface area contributed by atoms with Crippen molar-refractivity contribution >= 4 is 11.6 Å². The van der Waals surface area contributed by atoms with Gasteiger partial charge in [0.25, 0.3) is 0 Å². The molecule has 0 radical (unpaired) electrons. The van der Waals surface area contributed by atoms with Crippen molar-refractivity contribution in [1.82, 2.24) is 9.80 Å². The zero-order valence-corrected chi connectivity index (χ0v) is 16.1. The molecule has 0 bridgehead atoms. The third kappa shape index (κ3) is 4.58. The van der Waals surface area contributed by atoms with Crippen LogP contribution in [0.4, 0.5) is 5.69 Å². The van der Waals surface area contributed by atoms with Crippen LogP contribution in [0.1, 0.15) is 37.8 Å². The molecule has 24 heavy (non-hydrogen) atoms. The van der Waals surface area contributed by atoms with Crippen molar-refractivity contribution in [3.63, 3.8) is 0 Å². The van der Waals surface area contributed by atoms with Crippen LogP contribution in [0.2, 0.25) is 0 Å². The number of amides is 1. The minimum atomic E-state index is 0.0941. The maximum atomic E-state index is 12.2. The van der Waals surface area contributed by atoms with Gasteiger partial charge in [-0.1, -0.05) is 17.7 Å². The van der Waals surface area contributed by atoms with Gasteiger partial charge in [0.15, 0.2) is 0 Å². The maximum Gasteiger partial charge on any atom is 0.225 e. The molecule has 0 aromatic heterocycles. The molecule has 1 saturated heterocycles. The van der Waals surface area contributed by atoms with Crippen LogP contribution in [0.15, 0.2) is 18.2 Å². The van der Waals surface area contributed by atoms with Crippen molar-refractivity contribution in [3.8, 4) is 0 Å². The summed E-state index contributed by atoms with van der Waals surface area (Å²) in [5.74, 6) is 0.756. The summed E-state index contributed by atoms with van der Waals surface area (Å²) in [6.45, 7) is 11.8. The summed E-state index contributed by atoms with van der Waals surface area (Å²) >= 11 is 0. The van der Waals surface area contributed by atoms with Crippen LogP contribution in [0, 0.1) is 19.8 Å². The van der Waals surface area contributed by atoms with Gasteiger partial charge in [-0.15, -0.1) is 0 Å². The van der Waals surface area contributed by atoms with Gasteiger partial charge >= 0.3 is 0 Å². The van der Waals surface area contributed by atoms with E-state index >= 15 is 0 Å². The number of carbonyl (C=O) groups excluding carboxylic acids is 1. The number of hydrogen-bond donors (Lipinski definition) is 1. The van der Waals surface area contributed by atoms with E-state index in [1.165, 1.54) is 18.5 Å². The summed E-state index contributed by atoms with van der Waals surface area (Å²) in [4.78, 5) is 17.0. The smallest absolute Gasteiger partial charge is 0.225 e. The first-order valence-corrected chi connectivity index (χ1v) is 8.97. The van der Waals surface area contributed by atoms with E-state index < -0.39 is 0 Å². The Hall–Kier alpha value is -1.39. The topological polar surface area (TPSA) is 35.6 Å². The number of nitrogens with one attached hydrogen (secondary N) is 1. The Bertz CT molecular complexity index is 582. The quantitative estimate of drug-likeness (QED) is 0.869. The van der Waals surface area contributed by atoms with Gasteiger partial charge < -0.3 is 15.1 Å². The molecular formula is C20H33N3O. The van der Waals surface area contributed by atoms with Crippen LogP contribution in [-0.2, 0) is 4.79 Å². The Morgan fingerprint density at radius 3 is 2.67 bits per heavy atom. The second-order valence-electron chi connectivity index (χ2n) is 7.94. The van der Waals surface area contributed by atoms with Crippen LogP contribution in [-0.4, -0.2) is 55.0 Å². The van der Waals surface area contributed by atoms with Crippen LogP contribution in [0.25, 0.3) is 0 Å². The number of carbonyl (C=O) groups is 1. The number of rotatable bonds is 6. The van der Waals surface area contributed by atoms with E-state index in [0.717, 1.165) is 24.3 Å². The summed E-state index contributed by atoms with van der Waals surface area (Å²) in [5, 5.41) is 3.04. The molecule has 0 spiro atoms. The lowest BCUT2D eigenvalue weighted by atomic mass is 9.88. The highest BCUT2D eigenvalue weighted by atomic mass is 16.1. The van der Waals surface area contributed by atoms with E-state index in [1.54, 1.807) is 0 Å². The number of anilines is 1. The summed E-state index contributed by atoms with van der Waals surface area (Å²) < 4.78 is 0. The fraction of sp³-hybridized carbons (Fsp3) is 0.650. The van der Waals surface area contributed by atoms with E-state index in [1.807, 2.05) is 19.1 Å². The SMILES string of the molecule is Cc1ccc(NC(=O)CCN(C)C[C@@H]2CCN(C)C2(C)C)c(C)c1. The zero-order chi connectivity index (χ0) is 17.9. The zero-order valence-electron chi connectivity index (χ0n) is 16.1. The first-order valence-electron chi connectivity index (χ1n) is 8.97. The van der Waals surface area contributed by atoms with Gasteiger partial charge in [-0.2, -0.15) is 0 Å². The lowest BCUT2D eigenvalue weighted by Gasteiger charge is -2.35. The third-order valence-corrected chi connectivity index (χ3v) is 5.70. The minimum Gasteiger partial charge on any atom is -0.326 e. The number of benzene rings is 1. The molecule has 2 rings (SSSR count). The Labute approximate surface area is 147 Å². The van der Waals surface area contributed by atoms with Gasteiger partial charge in [0.1, 0.15) is 0 Å². The highest BCUT2D eigenvalue weighted by Gasteiger charge is 2.39. The highest BCUT2D eigenvalue weighted by Crippen LogP contribution is 2.33. The molecule has 1 fully saturated rings. The van der Waals surface area contributed by atoms with Crippen molar-refractivity contribution in [3.05, 3.63) is 29.3 Å². The van der Waals surface area contributed by atoms with Crippen molar-refractivity contribution in [2.45, 2.75) is 46.1 Å². The third-order valence-electron chi connectivity index (χ3n) is 5.70. The van der Waals surface area contributed by atoms with Crippen LogP contribution in [0.3, 0.4) is 0 Å². The van der Waals surface area contributed by atoms with Crippen LogP contribution >= 0.6 is 0 Å². The highest BCUT2D eigenvalue weighted by molar-refractivity contribution is 5.91. The molecule has 1 aromatic carbocycles. The van der Waals surface area contributed by atoms with Crippen LogP contribution in [0.5, 0.6) is 0 Å². The van der Waals surface area contributed by atoms with Gasteiger partial charge in [0.05, 0.1) is 0 Å². The standard InChI is InChI=1S/C20H33N3O/c1-15-7-8-18(16(2)13-15)21-19(24)10-11-22(5)14-17-9-12-23(6)20(17,3)4/h7-8,13,17H,9-12,14H2,1-6H3,(H,21,24)/t17-/m0/s1. The summed E-state index contributed by atoms with van der Waals surface area (Å²) in [6.07, 6.45) is 1.77. The molecule has 0 saturated carbocycles. The Morgan fingerprint density at radius 1 is 1.38 bits per heavy atom. The molecule has 1 atom stereocenters. The average Bonchev–Trinajstić information content (AvgIpc) is 2.75. The van der Waals surface area contributed by atoms with E-state index in [9.17, 15) is 4.79 Å². The lowest BCUT2D eigenvalue weighted by Crippen LogP contribution is -2.44. The minimum absolute atomic E-state index is 0.0941. The first kappa shape index (κ1) is 18.9. The van der Waals surface area contributed by atoms with E-state index in [0.29, 0.717) is 12.3 Å². The van der Waals surface area contributed by atoms with Gasteiger partial charge in [0.2, 0.25) is 5.91 Å². The monoisotopic (exact) mass is 331 g/mol. The molecule has 4 nitrogen and oxygen atoms in total. The molecule has 4 heteroatoms. The van der Waals surface area contributed by atoms with Crippen molar-refractivity contribution in [2.75, 3.05) is 39.0 Å². The number of nitrogens with zero attached hydrogens (tertiary/aromatic N) is 2. The fourth-order valence-corrected chi connectivity index (χ4v) is 3.54. The Balaban J connectivity index is 1.79. The molecule has 1 N–H and O–H groups in total. The molecule has 134 valence electrons. The second-order valence-corrected chi connectivity index (χ2v) is 7.94. The predicted molar refractivity (Wildman–Crippen MR) is 101 cm³/mol. The summed E-state index contributed by atoms with van der Waals surface area (Å²) in [6, 6.07) is 6.12. The number of likely N-dealkylation sites (tertiary alicyclic amines) is 1. The van der Waals surface area contributed by atoms with E-state index in [4.69, 9.17) is 0 Å². The van der Waals surface area contributed by atoms with Gasteiger partial charge in [-0.25, -0.2) is 0 Å². The van der Waals surface area contributed by atoms with E-state index in [-0.39, 0.29) is 11.4 Å².